The Bertz CT molecular complexity index is 1400. The first-order valence-corrected chi connectivity index (χ1v) is 11.5. The molecule has 0 atom stereocenters. The van der Waals surface area contributed by atoms with Crippen molar-refractivity contribution in [1.82, 2.24) is 20.2 Å². The van der Waals surface area contributed by atoms with E-state index in [4.69, 9.17) is 0 Å². The summed E-state index contributed by atoms with van der Waals surface area (Å²) in [5.41, 5.74) is 3.87. The van der Waals surface area contributed by atoms with Crippen molar-refractivity contribution in [3.05, 3.63) is 89.7 Å². The number of tetrazole rings is 1. The largest absolute Gasteiger partial charge is 0.322 e. The number of carbonyl (C=O) groups excluding carboxylic acids is 1. The molecule has 10 heteroatoms. The van der Waals surface area contributed by atoms with Crippen LogP contribution in [0.1, 0.15) is 21.5 Å². The van der Waals surface area contributed by atoms with Gasteiger partial charge in [-0.25, -0.2) is 13.1 Å². The van der Waals surface area contributed by atoms with Gasteiger partial charge in [-0.2, -0.15) is 0 Å². The maximum Gasteiger partial charge on any atom is 0.264 e. The number of anilines is 2. The van der Waals surface area contributed by atoms with E-state index in [9.17, 15) is 13.2 Å². The topological polar surface area (TPSA) is 110 Å². The van der Waals surface area contributed by atoms with Gasteiger partial charge in [0.15, 0.2) is 0 Å². The summed E-state index contributed by atoms with van der Waals surface area (Å²) in [6.07, 6.45) is 1.45. The van der Waals surface area contributed by atoms with Crippen LogP contribution < -0.4 is 9.62 Å². The first-order chi connectivity index (χ1) is 15.8. The summed E-state index contributed by atoms with van der Waals surface area (Å²) in [4.78, 5) is 13.0. The molecule has 1 aromatic heterocycles. The smallest absolute Gasteiger partial charge is 0.264 e. The van der Waals surface area contributed by atoms with Gasteiger partial charge in [-0.1, -0.05) is 29.8 Å². The third-order valence-corrected chi connectivity index (χ3v) is 7.02. The number of carbonyl (C=O) groups is 1. The van der Waals surface area contributed by atoms with Gasteiger partial charge in [-0.15, -0.1) is 5.10 Å². The minimum absolute atomic E-state index is 0.0254. The number of hydrogen-bond acceptors (Lipinski definition) is 6. The zero-order valence-electron chi connectivity index (χ0n) is 18.3. The molecular weight excluding hydrogens is 440 g/mol. The maximum absolute atomic E-state index is 13.2. The predicted octanol–water partition coefficient (Wildman–Crippen LogP) is 3.36. The lowest BCUT2D eigenvalue weighted by atomic mass is 10.1. The van der Waals surface area contributed by atoms with E-state index in [1.54, 1.807) is 30.3 Å². The molecule has 33 heavy (non-hydrogen) atoms. The molecule has 9 nitrogen and oxygen atoms in total. The zero-order valence-corrected chi connectivity index (χ0v) is 19.1. The number of sulfonamides is 1. The molecule has 0 aliphatic heterocycles. The Balaban J connectivity index is 1.59. The van der Waals surface area contributed by atoms with Crippen LogP contribution in [0.4, 0.5) is 11.4 Å². The summed E-state index contributed by atoms with van der Waals surface area (Å²) in [6.45, 7) is 3.79. The van der Waals surface area contributed by atoms with Gasteiger partial charge in [0.1, 0.15) is 6.33 Å². The van der Waals surface area contributed by atoms with Crippen molar-refractivity contribution in [2.24, 2.45) is 0 Å². The van der Waals surface area contributed by atoms with Crippen LogP contribution in [0.3, 0.4) is 0 Å². The molecule has 3 aromatic carbocycles. The molecule has 168 valence electrons. The lowest BCUT2D eigenvalue weighted by Gasteiger charge is -2.20. The average Bonchev–Trinajstić information content (AvgIpc) is 3.35. The summed E-state index contributed by atoms with van der Waals surface area (Å²) in [5, 5.41) is 13.9. The van der Waals surface area contributed by atoms with Crippen LogP contribution in [0, 0.1) is 13.8 Å². The Morgan fingerprint density at radius 2 is 1.76 bits per heavy atom. The van der Waals surface area contributed by atoms with E-state index in [1.807, 2.05) is 38.1 Å². The minimum Gasteiger partial charge on any atom is -0.322 e. The minimum atomic E-state index is -3.85. The van der Waals surface area contributed by atoms with Gasteiger partial charge in [0.05, 0.1) is 16.3 Å². The second-order valence-electron chi connectivity index (χ2n) is 7.54. The number of amides is 1. The first-order valence-electron chi connectivity index (χ1n) is 10.1. The van der Waals surface area contributed by atoms with E-state index in [1.165, 1.54) is 34.5 Å². The summed E-state index contributed by atoms with van der Waals surface area (Å²) in [6, 6.07) is 18.5. The van der Waals surface area contributed by atoms with Crippen molar-refractivity contribution in [1.29, 1.82) is 0 Å². The summed E-state index contributed by atoms with van der Waals surface area (Å²) in [7, 11) is -2.36. The fraction of sp³-hybridized carbons (Fsp3) is 0.130. The van der Waals surface area contributed by atoms with E-state index >= 15 is 0 Å². The van der Waals surface area contributed by atoms with E-state index in [2.05, 4.69) is 20.8 Å². The van der Waals surface area contributed by atoms with E-state index in [0.29, 0.717) is 17.1 Å². The van der Waals surface area contributed by atoms with Gasteiger partial charge in [0.2, 0.25) is 0 Å². The molecule has 0 radical (unpaired) electrons. The monoisotopic (exact) mass is 462 g/mol. The Morgan fingerprint density at radius 3 is 2.45 bits per heavy atom. The van der Waals surface area contributed by atoms with E-state index in [0.717, 1.165) is 11.1 Å². The van der Waals surface area contributed by atoms with Crippen molar-refractivity contribution in [2.45, 2.75) is 18.7 Å². The fourth-order valence-electron chi connectivity index (χ4n) is 3.21. The number of nitrogens with zero attached hydrogens (tertiary/aromatic N) is 5. The van der Waals surface area contributed by atoms with Crippen LogP contribution in [0.25, 0.3) is 5.69 Å². The number of nitrogens with one attached hydrogen (secondary N) is 1. The Morgan fingerprint density at radius 1 is 1.00 bits per heavy atom. The Kier molecular flexibility index (Phi) is 5.93. The average molecular weight is 463 g/mol. The van der Waals surface area contributed by atoms with Gasteiger partial charge >= 0.3 is 0 Å². The maximum atomic E-state index is 13.2. The van der Waals surface area contributed by atoms with Crippen LogP contribution in [-0.2, 0) is 10.0 Å². The van der Waals surface area contributed by atoms with Crippen LogP contribution in [0.15, 0.2) is 78.0 Å². The van der Waals surface area contributed by atoms with Crippen molar-refractivity contribution in [3.8, 4) is 5.69 Å². The third-order valence-electron chi connectivity index (χ3n) is 5.24. The Labute approximate surface area is 191 Å². The third kappa shape index (κ3) is 4.60. The summed E-state index contributed by atoms with van der Waals surface area (Å²) in [5.74, 6) is -0.429. The van der Waals surface area contributed by atoms with Gasteiger partial charge in [-0.05, 0) is 72.3 Å². The second-order valence-corrected chi connectivity index (χ2v) is 9.51. The highest BCUT2D eigenvalue weighted by Crippen LogP contribution is 2.24. The highest BCUT2D eigenvalue weighted by atomic mass is 32.2. The molecule has 0 saturated carbocycles. The molecule has 0 bridgehead atoms. The van der Waals surface area contributed by atoms with Gasteiger partial charge in [0.25, 0.3) is 15.9 Å². The normalized spacial score (nSPS) is 11.2. The number of aryl methyl sites for hydroxylation is 2. The number of aromatic nitrogens is 4. The first kappa shape index (κ1) is 22.2. The van der Waals surface area contributed by atoms with Gasteiger partial charge in [-0.3, -0.25) is 9.10 Å². The quantitative estimate of drug-likeness (QED) is 0.471. The standard InChI is InChI=1S/C23H22N6O3S/c1-16-7-10-19(11-8-16)28(3)33(31,32)21-6-4-5-18(13-21)23(30)25-22-14-20(12-9-17(22)2)29-15-24-26-27-29/h4-15H,1-3H3,(H,25,30). The van der Waals surface area contributed by atoms with E-state index < -0.39 is 15.9 Å². The molecule has 0 fully saturated rings. The van der Waals surface area contributed by atoms with Crippen LogP contribution >= 0.6 is 0 Å². The lowest BCUT2D eigenvalue weighted by Crippen LogP contribution is -2.26. The van der Waals surface area contributed by atoms with Crippen molar-refractivity contribution < 1.29 is 13.2 Å². The molecule has 0 unspecified atom stereocenters. The van der Waals surface area contributed by atoms with Gasteiger partial charge < -0.3 is 5.32 Å². The second kappa shape index (κ2) is 8.83. The number of rotatable bonds is 6. The molecule has 1 N–H and O–H groups in total. The van der Waals surface area contributed by atoms with Crippen LogP contribution in [-0.4, -0.2) is 41.6 Å². The molecule has 0 aliphatic rings. The molecule has 0 spiro atoms. The molecule has 4 rings (SSSR count). The van der Waals surface area contributed by atoms with Crippen LogP contribution in [0.2, 0.25) is 0 Å². The van der Waals surface area contributed by atoms with Crippen molar-refractivity contribution in [3.63, 3.8) is 0 Å². The Hall–Kier alpha value is -4.05. The molecule has 0 saturated heterocycles. The number of benzene rings is 3. The van der Waals surface area contributed by atoms with Crippen molar-refractivity contribution in [2.75, 3.05) is 16.7 Å². The molecule has 4 aromatic rings. The molecule has 0 aliphatic carbocycles. The number of hydrogen-bond donors (Lipinski definition) is 1. The lowest BCUT2D eigenvalue weighted by molar-refractivity contribution is 0.102. The van der Waals surface area contributed by atoms with E-state index in [-0.39, 0.29) is 10.5 Å². The molecule has 1 heterocycles. The SMILES string of the molecule is Cc1ccc(N(C)S(=O)(=O)c2cccc(C(=O)Nc3cc(-n4cnnn4)ccc3C)c2)cc1. The highest BCUT2D eigenvalue weighted by Gasteiger charge is 2.22. The van der Waals surface area contributed by atoms with Crippen LogP contribution in [0.5, 0.6) is 0 Å². The molecule has 1 amide bonds. The fourth-order valence-corrected chi connectivity index (χ4v) is 4.45. The van der Waals surface area contributed by atoms with Gasteiger partial charge in [0, 0.05) is 18.3 Å². The van der Waals surface area contributed by atoms with Crippen molar-refractivity contribution >= 4 is 27.3 Å². The summed E-state index contributed by atoms with van der Waals surface area (Å²) >= 11 is 0. The summed E-state index contributed by atoms with van der Waals surface area (Å²) < 4.78 is 29.0. The predicted molar refractivity (Wildman–Crippen MR) is 125 cm³/mol. The molecular formula is C23H22N6O3S. The highest BCUT2D eigenvalue weighted by molar-refractivity contribution is 7.92. The zero-order chi connectivity index (χ0) is 23.6.